The number of benzene rings is 1. The van der Waals surface area contributed by atoms with E-state index in [9.17, 15) is 14.7 Å². The van der Waals surface area contributed by atoms with Gasteiger partial charge in [-0.3, -0.25) is 9.59 Å². The highest BCUT2D eigenvalue weighted by molar-refractivity contribution is 7.99. The molecule has 0 spiro atoms. The zero-order valence-corrected chi connectivity index (χ0v) is 19.4. The topological polar surface area (TPSA) is 57.6 Å². The second-order valence-electron chi connectivity index (χ2n) is 8.11. The summed E-state index contributed by atoms with van der Waals surface area (Å²) < 4.78 is 0. The number of nitrogens with zero attached hydrogens (tertiary/aromatic N) is 1. The molecule has 1 aliphatic carbocycles. The molecule has 1 aliphatic rings. The number of carboxylic acids is 1. The summed E-state index contributed by atoms with van der Waals surface area (Å²) in [5.41, 5.74) is 2.75. The van der Waals surface area contributed by atoms with Crippen molar-refractivity contribution < 1.29 is 14.7 Å². The first kappa shape index (κ1) is 24.1. The van der Waals surface area contributed by atoms with Gasteiger partial charge in [0.05, 0.1) is 0 Å². The number of hydrogen-bond acceptors (Lipinski definition) is 4. The number of aliphatic carboxylic acids is 1. The van der Waals surface area contributed by atoms with Crippen LogP contribution in [0.2, 0.25) is 0 Å². The van der Waals surface area contributed by atoms with Crippen LogP contribution in [0.15, 0.2) is 24.3 Å². The summed E-state index contributed by atoms with van der Waals surface area (Å²) in [6, 6.07) is 9.02. The van der Waals surface area contributed by atoms with Crippen LogP contribution >= 0.6 is 24.4 Å². The fraction of sp³-hybridized carbons (Fsp3) is 0.652. The van der Waals surface area contributed by atoms with Crippen LogP contribution in [0.25, 0.3) is 0 Å². The summed E-state index contributed by atoms with van der Waals surface area (Å²) in [7, 11) is 0. The first-order chi connectivity index (χ1) is 13.9. The van der Waals surface area contributed by atoms with Crippen molar-refractivity contribution in [2.24, 2.45) is 5.92 Å². The van der Waals surface area contributed by atoms with Gasteiger partial charge in [-0.1, -0.05) is 57.4 Å². The summed E-state index contributed by atoms with van der Waals surface area (Å²) in [5.74, 6) is 0.652. The molecule has 29 heavy (non-hydrogen) atoms. The van der Waals surface area contributed by atoms with Crippen molar-refractivity contribution in [3.63, 3.8) is 0 Å². The number of thiol groups is 1. The van der Waals surface area contributed by atoms with Crippen LogP contribution in [-0.4, -0.2) is 46.0 Å². The first-order valence-corrected chi connectivity index (χ1v) is 12.4. The van der Waals surface area contributed by atoms with Crippen LogP contribution in [0.5, 0.6) is 0 Å². The smallest absolute Gasteiger partial charge is 0.323 e. The molecule has 0 bridgehead atoms. The highest BCUT2D eigenvalue weighted by Gasteiger charge is 2.24. The van der Waals surface area contributed by atoms with Gasteiger partial charge in [-0.25, -0.2) is 0 Å². The number of thioether (sulfide) groups is 1. The normalized spacial score (nSPS) is 16.9. The van der Waals surface area contributed by atoms with E-state index in [0.29, 0.717) is 12.3 Å². The number of carboxylic acid groups (broad SMARTS) is 1. The maximum absolute atomic E-state index is 12.5. The molecular formula is C23H35NO3S2. The van der Waals surface area contributed by atoms with Gasteiger partial charge in [0.15, 0.2) is 0 Å². The van der Waals surface area contributed by atoms with E-state index in [-0.39, 0.29) is 23.6 Å². The lowest BCUT2D eigenvalue weighted by molar-refractivity contribution is -0.145. The Balaban J connectivity index is 1.92. The van der Waals surface area contributed by atoms with Crippen molar-refractivity contribution in [1.82, 2.24) is 4.90 Å². The average Bonchev–Trinajstić information content (AvgIpc) is 2.75. The molecule has 0 radical (unpaired) electrons. The van der Waals surface area contributed by atoms with Gasteiger partial charge in [0, 0.05) is 29.2 Å². The van der Waals surface area contributed by atoms with Gasteiger partial charge in [0.25, 0.3) is 0 Å². The monoisotopic (exact) mass is 437 g/mol. The highest BCUT2D eigenvalue weighted by atomic mass is 32.2. The van der Waals surface area contributed by atoms with Gasteiger partial charge in [-0.15, -0.1) is 0 Å². The van der Waals surface area contributed by atoms with Crippen molar-refractivity contribution in [3.8, 4) is 0 Å². The van der Waals surface area contributed by atoms with E-state index in [4.69, 9.17) is 0 Å². The van der Waals surface area contributed by atoms with E-state index in [2.05, 4.69) is 43.8 Å². The SMILES string of the molecule is CC[C@@H](CN(CC(=O)O)C(=O)[C@H](C)CS)SCc1ccc(C2CCCCC2)cc1. The minimum Gasteiger partial charge on any atom is -0.480 e. The second kappa shape index (κ2) is 12.5. The zero-order valence-electron chi connectivity index (χ0n) is 17.7. The van der Waals surface area contributed by atoms with Crippen molar-refractivity contribution in [2.45, 2.75) is 69.3 Å². The Morgan fingerprint density at radius 1 is 1.21 bits per heavy atom. The van der Waals surface area contributed by atoms with E-state index in [0.717, 1.165) is 18.1 Å². The highest BCUT2D eigenvalue weighted by Crippen LogP contribution is 2.33. The Kier molecular flexibility index (Phi) is 10.4. The number of carbonyl (C=O) groups excluding carboxylic acids is 1. The van der Waals surface area contributed by atoms with Crippen LogP contribution in [-0.2, 0) is 15.3 Å². The number of carbonyl (C=O) groups is 2. The summed E-state index contributed by atoms with van der Waals surface area (Å²) in [4.78, 5) is 25.2. The quantitative estimate of drug-likeness (QED) is 0.466. The third-order valence-electron chi connectivity index (χ3n) is 5.75. The Labute approximate surface area is 185 Å². The molecular weight excluding hydrogens is 402 g/mol. The second-order valence-corrected chi connectivity index (χ2v) is 9.77. The van der Waals surface area contributed by atoms with Gasteiger partial charge >= 0.3 is 5.97 Å². The molecule has 0 aromatic heterocycles. The standard InChI is InChI=1S/C23H35NO3S2/c1-3-21(13-24(14-22(25)26)23(27)17(2)15-28)29-16-18-9-11-20(12-10-18)19-7-5-4-6-8-19/h9-12,17,19,21,28H,3-8,13-16H2,1-2H3,(H,25,26)/t17-,21+/m1/s1. The largest absolute Gasteiger partial charge is 0.480 e. The molecule has 1 fully saturated rings. The molecule has 0 heterocycles. The molecule has 0 unspecified atom stereocenters. The molecule has 6 heteroatoms. The van der Waals surface area contributed by atoms with Crippen molar-refractivity contribution in [2.75, 3.05) is 18.8 Å². The molecule has 1 amide bonds. The number of hydrogen-bond donors (Lipinski definition) is 2. The molecule has 1 saturated carbocycles. The Morgan fingerprint density at radius 2 is 1.86 bits per heavy atom. The van der Waals surface area contributed by atoms with Crippen LogP contribution < -0.4 is 0 Å². The van der Waals surface area contributed by atoms with Gasteiger partial charge in [0.2, 0.25) is 5.91 Å². The maximum atomic E-state index is 12.5. The van der Waals surface area contributed by atoms with Crippen LogP contribution in [0.3, 0.4) is 0 Å². The molecule has 1 aromatic rings. The third-order valence-corrected chi connectivity index (χ3v) is 7.76. The van der Waals surface area contributed by atoms with Gasteiger partial charge < -0.3 is 10.0 Å². The Hall–Kier alpha value is -1.14. The molecule has 1 N–H and O–H groups in total. The summed E-state index contributed by atoms with van der Waals surface area (Å²) in [6.45, 7) is 4.11. The number of amides is 1. The van der Waals surface area contributed by atoms with E-state index in [1.807, 2.05) is 0 Å². The molecule has 162 valence electrons. The molecule has 4 nitrogen and oxygen atoms in total. The van der Waals surface area contributed by atoms with E-state index in [1.54, 1.807) is 18.7 Å². The molecule has 2 atom stereocenters. The van der Waals surface area contributed by atoms with E-state index in [1.165, 1.54) is 48.1 Å². The lowest BCUT2D eigenvalue weighted by Gasteiger charge is -2.27. The Bertz CT molecular complexity index is 644. The first-order valence-electron chi connectivity index (χ1n) is 10.8. The van der Waals surface area contributed by atoms with Gasteiger partial charge in [-0.05, 0) is 36.3 Å². The molecule has 1 aromatic carbocycles. The lowest BCUT2D eigenvalue weighted by atomic mass is 9.84. The summed E-state index contributed by atoms with van der Waals surface area (Å²) in [5, 5.41) is 9.41. The van der Waals surface area contributed by atoms with Crippen molar-refractivity contribution >= 4 is 36.3 Å². The van der Waals surface area contributed by atoms with Crippen LogP contribution in [0, 0.1) is 5.92 Å². The minimum absolute atomic E-state index is 0.127. The van der Waals surface area contributed by atoms with Gasteiger partial charge in [-0.2, -0.15) is 24.4 Å². The predicted molar refractivity (Wildman–Crippen MR) is 125 cm³/mol. The maximum Gasteiger partial charge on any atom is 0.323 e. The van der Waals surface area contributed by atoms with Gasteiger partial charge in [0.1, 0.15) is 6.54 Å². The Morgan fingerprint density at radius 3 is 2.41 bits per heavy atom. The van der Waals surface area contributed by atoms with Crippen LogP contribution in [0.1, 0.15) is 69.4 Å². The molecule has 2 rings (SSSR count). The molecule has 0 aliphatic heterocycles. The minimum atomic E-state index is -0.970. The number of rotatable bonds is 11. The predicted octanol–water partition coefficient (Wildman–Crippen LogP) is 5.23. The van der Waals surface area contributed by atoms with Crippen LogP contribution in [0.4, 0.5) is 0 Å². The van der Waals surface area contributed by atoms with Crippen molar-refractivity contribution in [3.05, 3.63) is 35.4 Å². The third kappa shape index (κ3) is 7.89. The summed E-state index contributed by atoms with van der Waals surface area (Å²) in [6.07, 6.45) is 7.57. The average molecular weight is 438 g/mol. The zero-order chi connectivity index (χ0) is 21.2. The van der Waals surface area contributed by atoms with Crippen molar-refractivity contribution in [1.29, 1.82) is 0 Å². The summed E-state index contributed by atoms with van der Waals surface area (Å²) >= 11 is 5.99. The fourth-order valence-corrected chi connectivity index (χ4v) is 5.16. The fourth-order valence-electron chi connectivity index (χ4n) is 3.87. The molecule has 0 saturated heterocycles. The van der Waals surface area contributed by atoms with E-state index >= 15 is 0 Å². The van der Waals surface area contributed by atoms with E-state index < -0.39 is 5.97 Å². The lowest BCUT2D eigenvalue weighted by Crippen LogP contribution is -2.43.